The highest BCUT2D eigenvalue weighted by Gasteiger charge is 2.08. The summed E-state index contributed by atoms with van der Waals surface area (Å²) in [7, 11) is 7.88. The molecular weight excluding hydrogens is 428 g/mol. The molecule has 0 unspecified atom stereocenters. The predicted molar refractivity (Wildman–Crippen MR) is 138 cm³/mol. The first-order valence-electron chi connectivity index (χ1n) is 10.6. The van der Waals surface area contributed by atoms with Crippen LogP contribution in [0.2, 0.25) is 0 Å². The Balaban J connectivity index is 1.51. The molecule has 0 atom stereocenters. The molecule has 34 heavy (non-hydrogen) atoms. The van der Waals surface area contributed by atoms with E-state index >= 15 is 0 Å². The number of anilines is 2. The molecule has 0 aliphatic rings. The molecule has 0 saturated carbocycles. The van der Waals surface area contributed by atoms with Crippen molar-refractivity contribution < 1.29 is 9.59 Å². The Kier molecular flexibility index (Phi) is 8.12. The fraction of sp³-hybridized carbons (Fsp3) is 0.154. The van der Waals surface area contributed by atoms with E-state index in [9.17, 15) is 9.59 Å². The molecule has 3 aromatic rings. The molecule has 0 aromatic heterocycles. The van der Waals surface area contributed by atoms with Crippen LogP contribution >= 0.6 is 0 Å². The van der Waals surface area contributed by atoms with Gasteiger partial charge in [0.15, 0.2) is 0 Å². The van der Waals surface area contributed by atoms with Crippen molar-refractivity contribution in [3.63, 3.8) is 0 Å². The molecule has 0 spiro atoms. The lowest BCUT2D eigenvalue weighted by molar-refractivity contribution is 0.0943. The largest absolute Gasteiger partial charge is 0.378 e. The number of nitrogens with zero attached hydrogens (tertiary/aromatic N) is 4. The Morgan fingerprint density at radius 3 is 1.21 bits per heavy atom. The number of amides is 2. The number of rotatable bonds is 8. The molecule has 0 aliphatic heterocycles. The Hall–Kier alpha value is -4.46. The minimum absolute atomic E-state index is 0.368. The third-order valence-electron chi connectivity index (χ3n) is 4.99. The maximum Gasteiger partial charge on any atom is 0.271 e. The second-order valence-electron chi connectivity index (χ2n) is 7.95. The van der Waals surface area contributed by atoms with Crippen LogP contribution in [0.1, 0.15) is 31.8 Å². The zero-order valence-electron chi connectivity index (χ0n) is 19.7. The fourth-order valence-electron chi connectivity index (χ4n) is 2.95. The van der Waals surface area contributed by atoms with Gasteiger partial charge >= 0.3 is 0 Å². The van der Waals surface area contributed by atoms with Crippen molar-refractivity contribution in [2.75, 3.05) is 38.0 Å². The molecule has 0 fully saturated rings. The van der Waals surface area contributed by atoms with Gasteiger partial charge in [0.25, 0.3) is 11.8 Å². The average Bonchev–Trinajstić information content (AvgIpc) is 2.84. The van der Waals surface area contributed by atoms with Crippen molar-refractivity contribution in [1.29, 1.82) is 0 Å². The van der Waals surface area contributed by atoms with E-state index in [2.05, 4.69) is 21.1 Å². The molecule has 2 amide bonds. The standard InChI is InChI=1S/C26H28N6O2/c1-31(2)23-13-5-19(6-14-23)17-27-29-25(33)21-9-11-22(12-10-21)26(34)30-28-18-20-7-15-24(16-8-20)32(3)4/h5-18H,1-4H3,(H,29,33)(H,30,34). The van der Waals surface area contributed by atoms with E-state index in [0.29, 0.717) is 11.1 Å². The first kappa shape index (κ1) is 24.2. The van der Waals surface area contributed by atoms with Crippen LogP contribution in [0.5, 0.6) is 0 Å². The molecule has 174 valence electrons. The van der Waals surface area contributed by atoms with Gasteiger partial charge in [-0.3, -0.25) is 9.59 Å². The molecule has 3 aromatic carbocycles. The van der Waals surface area contributed by atoms with Gasteiger partial charge in [-0.15, -0.1) is 0 Å². The molecule has 0 saturated heterocycles. The number of hydrogen-bond donors (Lipinski definition) is 2. The van der Waals surface area contributed by atoms with E-state index in [4.69, 9.17) is 0 Å². The van der Waals surface area contributed by atoms with Crippen molar-refractivity contribution in [3.8, 4) is 0 Å². The van der Waals surface area contributed by atoms with Crippen LogP contribution in [0, 0.1) is 0 Å². The van der Waals surface area contributed by atoms with E-state index in [-0.39, 0.29) is 11.8 Å². The SMILES string of the molecule is CN(C)c1ccc(C=NNC(=O)c2ccc(C(=O)NN=Cc3ccc(N(C)C)cc3)cc2)cc1. The van der Waals surface area contributed by atoms with Gasteiger partial charge in [0, 0.05) is 50.7 Å². The zero-order chi connectivity index (χ0) is 24.5. The predicted octanol–water partition coefficient (Wildman–Crippen LogP) is 3.35. The van der Waals surface area contributed by atoms with Crippen molar-refractivity contribution in [2.45, 2.75) is 0 Å². The van der Waals surface area contributed by atoms with E-state index in [0.717, 1.165) is 22.5 Å². The third kappa shape index (κ3) is 6.77. The molecule has 2 N–H and O–H groups in total. The molecule has 0 heterocycles. The molecule has 0 radical (unpaired) electrons. The minimum atomic E-state index is -0.368. The van der Waals surface area contributed by atoms with Crippen LogP contribution in [0.15, 0.2) is 83.0 Å². The van der Waals surface area contributed by atoms with Crippen molar-refractivity contribution >= 4 is 35.6 Å². The van der Waals surface area contributed by atoms with Crippen molar-refractivity contribution in [2.24, 2.45) is 10.2 Å². The first-order chi connectivity index (χ1) is 16.3. The number of hydrogen-bond acceptors (Lipinski definition) is 6. The summed E-state index contributed by atoms with van der Waals surface area (Å²) in [5.74, 6) is -0.736. The molecule has 0 bridgehead atoms. The Morgan fingerprint density at radius 1 is 0.588 bits per heavy atom. The van der Waals surface area contributed by atoms with Crippen LogP contribution in [-0.4, -0.2) is 52.4 Å². The summed E-state index contributed by atoms with van der Waals surface area (Å²) in [5.41, 5.74) is 9.65. The van der Waals surface area contributed by atoms with E-state index < -0.39 is 0 Å². The van der Waals surface area contributed by atoms with Gasteiger partial charge in [-0.05, 0) is 59.7 Å². The Bertz CT molecular complexity index is 1070. The van der Waals surface area contributed by atoms with E-state index in [1.165, 1.54) is 0 Å². The van der Waals surface area contributed by atoms with Crippen LogP contribution in [0.3, 0.4) is 0 Å². The van der Waals surface area contributed by atoms with Gasteiger partial charge in [0.05, 0.1) is 12.4 Å². The maximum atomic E-state index is 12.3. The van der Waals surface area contributed by atoms with Crippen LogP contribution in [0.4, 0.5) is 11.4 Å². The molecular formula is C26H28N6O2. The number of benzene rings is 3. The first-order valence-corrected chi connectivity index (χ1v) is 10.6. The summed E-state index contributed by atoms with van der Waals surface area (Å²) < 4.78 is 0. The van der Waals surface area contributed by atoms with Gasteiger partial charge in [-0.2, -0.15) is 10.2 Å². The smallest absolute Gasteiger partial charge is 0.271 e. The van der Waals surface area contributed by atoms with Gasteiger partial charge < -0.3 is 9.80 Å². The summed E-state index contributed by atoms with van der Waals surface area (Å²) >= 11 is 0. The van der Waals surface area contributed by atoms with E-state index in [1.807, 2.05) is 86.5 Å². The van der Waals surface area contributed by atoms with Gasteiger partial charge in [-0.1, -0.05) is 24.3 Å². The second-order valence-corrected chi connectivity index (χ2v) is 7.95. The summed E-state index contributed by atoms with van der Waals surface area (Å²) in [6.45, 7) is 0. The minimum Gasteiger partial charge on any atom is -0.378 e. The monoisotopic (exact) mass is 456 g/mol. The highest BCUT2D eigenvalue weighted by atomic mass is 16.2. The average molecular weight is 457 g/mol. The lowest BCUT2D eigenvalue weighted by atomic mass is 10.1. The van der Waals surface area contributed by atoms with Crippen LogP contribution < -0.4 is 20.7 Å². The van der Waals surface area contributed by atoms with Gasteiger partial charge in [0.1, 0.15) is 0 Å². The summed E-state index contributed by atoms with van der Waals surface area (Å²) in [4.78, 5) is 28.6. The van der Waals surface area contributed by atoms with Gasteiger partial charge in [0.2, 0.25) is 0 Å². The third-order valence-corrected chi connectivity index (χ3v) is 4.99. The summed E-state index contributed by atoms with van der Waals surface area (Å²) in [6, 6.07) is 21.8. The molecule has 0 aliphatic carbocycles. The van der Waals surface area contributed by atoms with Gasteiger partial charge in [-0.25, -0.2) is 10.9 Å². The Morgan fingerprint density at radius 2 is 0.912 bits per heavy atom. The van der Waals surface area contributed by atoms with Crippen LogP contribution in [0.25, 0.3) is 0 Å². The lowest BCUT2D eigenvalue weighted by Gasteiger charge is -2.11. The summed E-state index contributed by atoms with van der Waals surface area (Å²) in [5, 5.41) is 7.99. The lowest BCUT2D eigenvalue weighted by Crippen LogP contribution is -2.19. The Labute approximate surface area is 199 Å². The second kappa shape index (κ2) is 11.4. The fourth-order valence-corrected chi connectivity index (χ4v) is 2.95. The quantitative estimate of drug-likeness (QED) is 0.402. The summed E-state index contributed by atoms with van der Waals surface area (Å²) in [6.07, 6.45) is 3.15. The zero-order valence-corrected chi connectivity index (χ0v) is 19.7. The molecule has 8 heteroatoms. The van der Waals surface area contributed by atoms with Crippen molar-refractivity contribution in [1.82, 2.24) is 10.9 Å². The molecule has 8 nitrogen and oxygen atoms in total. The van der Waals surface area contributed by atoms with E-state index in [1.54, 1.807) is 36.7 Å². The number of hydrazone groups is 2. The number of carbonyl (C=O) groups is 2. The number of nitrogens with one attached hydrogen (secondary N) is 2. The normalized spacial score (nSPS) is 10.9. The van der Waals surface area contributed by atoms with Crippen LogP contribution in [-0.2, 0) is 0 Å². The molecule has 3 rings (SSSR count). The van der Waals surface area contributed by atoms with Crippen molar-refractivity contribution in [3.05, 3.63) is 95.1 Å². The number of carbonyl (C=O) groups excluding carboxylic acids is 2. The highest BCUT2D eigenvalue weighted by Crippen LogP contribution is 2.12. The topological polar surface area (TPSA) is 89.4 Å². The highest BCUT2D eigenvalue weighted by molar-refractivity contribution is 5.98. The maximum absolute atomic E-state index is 12.3.